The van der Waals surface area contributed by atoms with Crippen LogP contribution >= 0.6 is 0 Å². The van der Waals surface area contributed by atoms with Crippen molar-refractivity contribution in [3.8, 4) is 11.5 Å². The van der Waals surface area contributed by atoms with Gasteiger partial charge in [0.05, 0.1) is 6.04 Å². The number of primary amides is 1. The molecule has 32 heavy (non-hydrogen) atoms. The topological polar surface area (TPSA) is 93.4 Å². The molecule has 7 nitrogen and oxygen atoms in total. The zero-order valence-corrected chi connectivity index (χ0v) is 18.5. The zero-order chi connectivity index (χ0) is 22.5. The Labute approximate surface area is 188 Å². The lowest BCUT2D eigenvalue weighted by Crippen LogP contribution is -2.25. The third-order valence-electron chi connectivity index (χ3n) is 5.69. The lowest BCUT2D eigenvalue weighted by molar-refractivity contribution is 0.100. The van der Waals surface area contributed by atoms with Crippen molar-refractivity contribution in [3.63, 3.8) is 0 Å². The molecule has 0 aliphatic carbocycles. The van der Waals surface area contributed by atoms with E-state index in [0.717, 1.165) is 55.2 Å². The third kappa shape index (κ3) is 4.82. The Balaban J connectivity index is 1.54. The molecule has 0 saturated heterocycles. The summed E-state index contributed by atoms with van der Waals surface area (Å²) >= 11 is 0. The predicted octanol–water partition coefficient (Wildman–Crippen LogP) is 4.70. The van der Waals surface area contributed by atoms with Crippen LogP contribution in [0.4, 0.5) is 11.5 Å². The summed E-state index contributed by atoms with van der Waals surface area (Å²) in [7, 11) is 0. The first-order valence-electron chi connectivity index (χ1n) is 11.1. The number of benzene rings is 2. The van der Waals surface area contributed by atoms with Crippen LogP contribution in [0.2, 0.25) is 0 Å². The zero-order valence-electron chi connectivity index (χ0n) is 18.5. The van der Waals surface area contributed by atoms with Crippen molar-refractivity contribution >= 4 is 17.4 Å². The molecule has 0 radical (unpaired) electrons. The number of carbonyl (C=O) groups excluding carboxylic acids is 1. The third-order valence-corrected chi connectivity index (χ3v) is 5.69. The van der Waals surface area contributed by atoms with E-state index in [1.54, 1.807) is 24.3 Å². The van der Waals surface area contributed by atoms with Crippen LogP contribution in [-0.2, 0) is 6.42 Å². The molecule has 0 saturated carbocycles. The van der Waals surface area contributed by atoms with E-state index in [9.17, 15) is 4.79 Å². The first-order chi connectivity index (χ1) is 15.6. The summed E-state index contributed by atoms with van der Waals surface area (Å²) in [5, 5.41) is 3.66. The first-order valence-corrected chi connectivity index (χ1v) is 11.1. The minimum atomic E-state index is -0.455. The summed E-state index contributed by atoms with van der Waals surface area (Å²) in [5.41, 5.74) is 7.86. The van der Waals surface area contributed by atoms with Crippen molar-refractivity contribution in [2.75, 3.05) is 23.3 Å². The highest BCUT2D eigenvalue weighted by atomic mass is 16.5. The Hall–Kier alpha value is -3.61. The van der Waals surface area contributed by atoms with Gasteiger partial charge in [0.15, 0.2) is 0 Å². The van der Waals surface area contributed by atoms with Gasteiger partial charge >= 0.3 is 0 Å². The van der Waals surface area contributed by atoms with Crippen LogP contribution in [0.15, 0.2) is 54.7 Å². The van der Waals surface area contributed by atoms with Gasteiger partial charge in [0.2, 0.25) is 5.91 Å². The van der Waals surface area contributed by atoms with Crippen molar-refractivity contribution in [2.45, 2.75) is 39.2 Å². The minimum absolute atomic E-state index is 0.123. The molecule has 3 N–H and O–H groups in total. The van der Waals surface area contributed by atoms with Gasteiger partial charge in [-0.1, -0.05) is 13.0 Å². The molecule has 1 amide bonds. The van der Waals surface area contributed by atoms with Gasteiger partial charge in [-0.25, -0.2) is 9.97 Å². The molecule has 1 atom stereocenters. The number of hydrogen-bond donors (Lipinski definition) is 2. The average Bonchev–Trinajstić information content (AvgIpc) is 2.98. The maximum absolute atomic E-state index is 11.3. The Bertz CT molecular complexity index is 1080. The van der Waals surface area contributed by atoms with Gasteiger partial charge in [0, 0.05) is 48.6 Å². The number of carbonyl (C=O) groups is 1. The normalized spacial score (nSPS) is 15.6. The van der Waals surface area contributed by atoms with E-state index < -0.39 is 5.91 Å². The molecule has 2 aromatic carbocycles. The fourth-order valence-corrected chi connectivity index (χ4v) is 3.97. The van der Waals surface area contributed by atoms with Crippen molar-refractivity contribution < 1.29 is 9.53 Å². The van der Waals surface area contributed by atoms with Crippen molar-refractivity contribution in [1.82, 2.24) is 9.97 Å². The number of aryl methyl sites for hydroxylation is 1. The Morgan fingerprint density at radius 2 is 2.00 bits per heavy atom. The van der Waals surface area contributed by atoms with Crippen LogP contribution in [0, 0.1) is 0 Å². The Kier molecular flexibility index (Phi) is 6.54. The molecule has 0 bridgehead atoms. The smallest absolute Gasteiger partial charge is 0.248 e. The van der Waals surface area contributed by atoms with Crippen LogP contribution in [0.25, 0.3) is 0 Å². The molecule has 2 heterocycles. The fraction of sp³-hybridized carbons (Fsp3) is 0.320. The van der Waals surface area contributed by atoms with Crippen LogP contribution in [0.3, 0.4) is 0 Å². The largest absolute Gasteiger partial charge is 0.457 e. The summed E-state index contributed by atoms with van der Waals surface area (Å²) < 4.78 is 5.98. The van der Waals surface area contributed by atoms with Gasteiger partial charge in [-0.15, -0.1) is 0 Å². The Morgan fingerprint density at radius 1 is 1.19 bits per heavy atom. The van der Waals surface area contributed by atoms with E-state index in [-0.39, 0.29) is 6.04 Å². The number of aromatic nitrogens is 2. The standard InChI is InChI=1S/C25H29N5O2/c1-3-23-27-16-21-22(9-6-14-30(4-2)25(21)29-23)28-18-7-5-8-20(15-18)32-19-12-10-17(11-13-19)24(26)31/h5,7-8,10-13,15-16,22,28H,3-4,6,9,14H2,1-2H3,(H2,26,31). The highest BCUT2D eigenvalue weighted by molar-refractivity contribution is 5.92. The number of nitrogens with two attached hydrogens (primary N) is 1. The Morgan fingerprint density at radius 3 is 2.72 bits per heavy atom. The quantitative estimate of drug-likeness (QED) is 0.563. The lowest BCUT2D eigenvalue weighted by Gasteiger charge is -2.24. The minimum Gasteiger partial charge on any atom is -0.457 e. The monoisotopic (exact) mass is 431 g/mol. The molecule has 4 rings (SSSR count). The summed E-state index contributed by atoms with van der Waals surface area (Å²) in [6.07, 6.45) is 4.87. The van der Waals surface area contributed by atoms with E-state index in [4.69, 9.17) is 15.5 Å². The summed E-state index contributed by atoms with van der Waals surface area (Å²) in [6.45, 7) is 6.17. The number of nitrogens with zero attached hydrogens (tertiary/aromatic N) is 3. The molecule has 7 heteroatoms. The maximum atomic E-state index is 11.3. The molecule has 0 fully saturated rings. The number of nitrogens with one attached hydrogen (secondary N) is 1. The van der Waals surface area contributed by atoms with Gasteiger partial charge < -0.3 is 20.7 Å². The van der Waals surface area contributed by atoms with Crippen LogP contribution in [-0.4, -0.2) is 29.0 Å². The number of fused-ring (bicyclic) bond motifs is 1. The molecule has 1 aliphatic heterocycles. The highest BCUT2D eigenvalue weighted by Crippen LogP contribution is 2.34. The number of rotatable bonds is 7. The van der Waals surface area contributed by atoms with E-state index in [1.807, 2.05) is 30.5 Å². The lowest BCUT2D eigenvalue weighted by atomic mass is 10.0. The van der Waals surface area contributed by atoms with Gasteiger partial charge in [-0.3, -0.25) is 4.79 Å². The van der Waals surface area contributed by atoms with Gasteiger partial charge in [0.25, 0.3) is 0 Å². The molecular formula is C25H29N5O2. The predicted molar refractivity (Wildman–Crippen MR) is 126 cm³/mol. The van der Waals surface area contributed by atoms with Gasteiger partial charge in [-0.2, -0.15) is 0 Å². The fourth-order valence-electron chi connectivity index (χ4n) is 3.97. The van der Waals surface area contributed by atoms with Crippen LogP contribution in [0.1, 0.15) is 54.5 Å². The molecule has 166 valence electrons. The van der Waals surface area contributed by atoms with Gasteiger partial charge in [-0.05, 0) is 56.2 Å². The second-order valence-electron chi connectivity index (χ2n) is 7.86. The second-order valence-corrected chi connectivity index (χ2v) is 7.86. The van der Waals surface area contributed by atoms with Crippen LogP contribution in [0.5, 0.6) is 11.5 Å². The molecule has 3 aromatic rings. The highest BCUT2D eigenvalue weighted by Gasteiger charge is 2.24. The summed E-state index contributed by atoms with van der Waals surface area (Å²) in [6, 6.07) is 14.8. The molecule has 1 unspecified atom stereocenters. The maximum Gasteiger partial charge on any atom is 0.248 e. The van der Waals surface area contributed by atoms with Crippen LogP contribution < -0.4 is 20.7 Å². The average molecular weight is 432 g/mol. The van der Waals surface area contributed by atoms with Crippen molar-refractivity contribution in [2.24, 2.45) is 5.73 Å². The number of ether oxygens (including phenoxy) is 1. The molecule has 0 spiro atoms. The summed E-state index contributed by atoms with van der Waals surface area (Å²) in [4.78, 5) is 23.0. The number of hydrogen-bond acceptors (Lipinski definition) is 6. The van der Waals surface area contributed by atoms with E-state index in [2.05, 4.69) is 29.0 Å². The number of amides is 1. The van der Waals surface area contributed by atoms with Crippen molar-refractivity contribution in [1.29, 1.82) is 0 Å². The molecule has 1 aliphatic rings. The summed E-state index contributed by atoms with van der Waals surface area (Å²) in [5.74, 6) is 2.81. The van der Waals surface area contributed by atoms with Gasteiger partial charge in [0.1, 0.15) is 23.1 Å². The second kappa shape index (κ2) is 9.68. The first kappa shape index (κ1) is 21.6. The number of anilines is 2. The SMILES string of the molecule is CCc1ncc2c(n1)N(CC)CCCC2Nc1cccc(Oc2ccc(C(N)=O)cc2)c1. The van der Waals surface area contributed by atoms with E-state index in [1.165, 1.54) is 0 Å². The van der Waals surface area contributed by atoms with E-state index in [0.29, 0.717) is 17.1 Å². The van der Waals surface area contributed by atoms with Crippen molar-refractivity contribution in [3.05, 3.63) is 71.7 Å². The van der Waals surface area contributed by atoms with E-state index >= 15 is 0 Å². The molecule has 1 aromatic heterocycles. The molecular weight excluding hydrogens is 402 g/mol.